The highest BCUT2D eigenvalue weighted by Gasteiger charge is 2.05. The molecule has 3 nitrogen and oxygen atoms in total. The van der Waals surface area contributed by atoms with Crippen molar-refractivity contribution < 1.29 is 5.11 Å². The summed E-state index contributed by atoms with van der Waals surface area (Å²) >= 11 is 0. The van der Waals surface area contributed by atoms with Crippen molar-refractivity contribution in [3.8, 4) is 11.4 Å². The van der Waals surface area contributed by atoms with Crippen LogP contribution in [0.4, 0.5) is 0 Å². The summed E-state index contributed by atoms with van der Waals surface area (Å²) in [5.41, 5.74) is 0.971. The molecule has 3 aromatic rings. The predicted octanol–water partition coefficient (Wildman–Crippen LogP) is 2.73. The summed E-state index contributed by atoms with van der Waals surface area (Å²) in [5.74, 6) is 0.298. The van der Waals surface area contributed by atoms with Crippen LogP contribution in [0.5, 0.6) is 5.75 Å². The second-order valence-electron chi connectivity index (χ2n) is 3.60. The molecule has 3 heteroatoms. The highest BCUT2D eigenvalue weighted by Crippen LogP contribution is 2.28. The molecule has 0 saturated carbocycles. The zero-order valence-corrected chi connectivity index (χ0v) is 8.54. The van der Waals surface area contributed by atoms with Gasteiger partial charge >= 0.3 is 0 Å². The molecule has 0 aliphatic carbocycles. The first-order chi connectivity index (χ1) is 7.86. The smallest absolute Gasteiger partial charge is 0.123 e. The van der Waals surface area contributed by atoms with Crippen molar-refractivity contribution in [1.82, 2.24) is 9.78 Å². The molecule has 0 aliphatic rings. The first-order valence-electron chi connectivity index (χ1n) is 5.07. The molecule has 2 aromatic carbocycles. The zero-order valence-electron chi connectivity index (χ0n) is 8.54. The Labute approximate surface area is 92.6 Å². The molecular weight excluding hydrogens is 200 g/mol. The van der Waals surface area contributed by atoms with Crippen LogP contribution in [0.3, 0.4) is 0 Å². The molecule has 0 amide bonds. The van der Waals surface area contributed by atoms with Gasteiger partial charge in [-0.3, -0.25) is 0 Å². The van der Waals surface area contributed by atoms with Crippen molar-refractivity contribution in [3.63, 3.8) is 0 Å². The summed E-state index contributed by atoms with van der Waals surface area (Å²) in [4.78, 5) is 0. The summed E-state index contributed by atoms with van der Waals surface area (Å²) in [6.07, 6.45) is 3.63. The molecule has 0 saturated heterocycles. The van der Waals surface area contributed by atoms with E-state index in [1.807, 2.05) is 42.6 Å². The Balaban J connectivity index is 2.38. The van der Waals surface area contributed by atoms with Crippen LogP contribution in [0, 0.1) is 0 Å². The number of aromatic nitrogens is 2. The average Bonchev–Trinajstić information content (AvgIpc) is 2.82. The molecule has 78 valence electrons. The Kier molecular flexibility index (Phi) is 1.90. The number of hydrogen-bond donors (Lipinski definition) is 1. The summed E-state index contributed by atoms with van der Waals surface area (Å²) in [6, 6.07) is 13.2. The lowest BCUT2D eigenvalue weighted by molar-refractivity contribution is 0.481. The third kappa shape index (κ3) is 1.26. The van der Waals surface area contributed by atoms with Gasteiger partial charge in [-0.25, -0.2) is 4.68 Å². The first-order valence-corrected chi connectivity index (χ1v) is 5.07. The SMILES string of the molecule is Oc1cccc2c(-n3cccn3)cccc12. The summed E-state index contributed by atoms with van der Waals surface area (Å²) in [7, 11) is 0. The van der Waals surface area contributed by atoms with Gasteiger partial charge in [0, 0.05) is 23.2 Å². The zero-order chi connectivity index (χ0) is 11.0. The van der Waals surface area contributed by atoms with Crippen molar-refractivity contribution in [3.05, 3.63) is 54.9 Å². The fourth-order valence-electron chi connectivity index (χ4n) is 1.89. The third-order valence-electron chi connectivity index (χ3n) is 2.63. The Bertz CT molecular complexity index is 629. The average molecular weight is 210 g/mol. The lowest BCUT2D eigenvalue weighted by Crippen LogP contribution is -1.94. The Morgan fingerprint density at radius 3 is 2.56 bits per heavy atom. The molecule has 1 aromatic heterocycles. The number of benzene rings is 2. The van der Waals surface area contributed by atoms with Crippen LogP contribution < -0.4 is 0 Å². The van der Waals surface area contributed by atoms with E-state index in [0.717, 1.165) is 16.5 Å². The monoisotopic (exact) mass is 210 g/mol. The molecular formula is C13H10N2O. The standard InChI is InChI=1S/C13H10N2O/c16-13-7-2-4-10-11(13)5-1-6-12(10)15-9-3-8-14-15/h1-9,16H. The molecule has 0 atom stereocenters. The highest BCUT2D eigenvalue weighted by atomic mass is 16.3. The predicted molar refractivity (Wildman–Crippen MR) is 62.7 cm³/mol. The maximum atomic E-state index is 9.76. The van der Waals surface area contributed by atoms with E-state index in [1.54, 1.807) is 16.9 Å². The molecule has 3 rings (SSSR count). The minimum absolute atomic E-state index is 0.298. The van der Waals surface area contributed by atoms with Crippen molar-refractivity contribution in [2.75, 3.05) is 0 Å². The molecule has 0 spiro atoms. The van der Waals surface area contributed by atoms with Gasteiger partial charge in [0.2, 0.25) is 0 Å². The second kappa shape index (κ2) is 3.38. The quantitative estimate of drug-likeness (QED) is 0.670. The third-order valence-corrected chi connectivity index (χ3v) is 2.63. The largest absolute Gasteiger partial charge is 0.507 e. The van der Waals surface area contributed by atoms with Gasteiger partial charge in [0.1, 0.15) is 5.75 Å². The van der Waals surface area contributed by atoms with Crippen molar-refractivity contribution in [1.29, 1.82) is 0 Å². The number of aromatic hydroxyl groups is 1. The molecule has 0 unspecified atom stereocenters. The van der Waals surface area contributed by atoms with Gasteiger partial charge in [-0.1, -0.05) is 24.3 Å². The van der Waals surface area contributed by atoms with Crippen LogP contribution in [-0.2, 0) is 0 Å². The topological polar surface area (TPSA) is 38.0 Å². The van der Waals surface area contributed by atoms with E-state index in [-0.39, 0.29) is 0 Å². The number of rotatable bonds is 1. The van der Waals surface area contributed by atoms with Gasteiger partial charge in [-0.05, 0) is 18.2 Å². The van der Waals surface area contributed by atoms with Gasteiger partial charge < -0.3 is 5.11 Å². The minimum Gasteiger partial charge on any atom is -0.507 e. The van der Waals surface area contributed by atoms with E-state index in [1.165, 1.54) is 0 Å². The fraction of sp³-hybridized carbons (Fsp3) is 0. The number of phenols is 1. The van der Waals surface area contributed by atoms with Gasteiger partial charge in [0.05, 0.1) is 5.69 Å². The Morgan fingerprint density at radius 1 is 0.938 bits per heavy atom. The molecule has 0 bridgehead atoms. The fourth-order valence-corrected chi connectivity index (χ4v) is 1.89. The normalized spacial score (nSPS) is 10.8. The van der Waals surface area contributed by atoms with E-state index in [2.05, 4.69) is 5.10 Å². The van der Waals surface area contributed by atoms with Gasteiger partial charge in [-0.15, -0.1) is 0 Å². The number of nitrogens with zero attached hydrogens (tertiary/aromatic N) is 2. The van der Waals surface area contributed by atoms with Crippen LogP contribution in [0.1, 0.15) is 0 Å². The maximum absolute atomic E-state index is 9.76. The van der Waals surface area contributed by atoms with Gasteiger partial charge in [0.15, 0.2) is 0 Å². The van der Waals surface area contributed by atoms with Crippen LogP contribution in [-0.4, -0.2) is 14.9 Å². The van der Waals surface area contributed by atoms with E-state index in [9.17, 15) is 5.11 Å². The molecule has 1 heterocycles. The van der Waals surface area contributed by atoms with Crippen molar-refractivity contribution in [2.24, 2.45) is 0 Å². The first kappa shape index (κ1) is 8.97. The molecule has 0 aliphatic heterocycles. The Hall–Kier alpha value is -2.29. The summed E-state index contributed by atoms with van der Waals surface area (Å²) < 4.78 is 1.79. The summed E-state index contributed by atoms with van der Waals surface area (Å²) in [5, 5.41) is 15.8. The van der Waals surface area contributed by atoms with E-state index in [0.29, 0.717) is 5.75 Å². The number of hydrogen-bond acceptors (Lipinski definition) is 2. The van der Waals surface area contributed by atoms with Crippen molar-refractivity contribution in [2.45, 2.75) is 0 Å². The Morgan fingerprint density at radius 2 is 1.75 bits per heavy atom. The molecule has 0 radical (unpaired) electrons. The molecule has 16 heavy (non-hydrogen) atoms. The van der Waals surface area contributed by atoms with Gasteiger partial charge in [-0.2, -0.15) is 5.10 Å². The second-order valence-corrected chi connectivity index (χ2v) is 3.60. The summed E-state index contributed by atoms with van der Waals surface area (Å²) in [6.45, 7) is 0. The minimum atomic E-state index is 0.298. The maximum Gasteiger partial charge on any atom is 0.123 e. The lowest BCUT2D eigenvalue weighted by Gasteiger charge is -2.07. The lowest BCUT2D eigenvalue weighted by atomic mass is 10.1. The number of phenolic OH excluding ortho intramolecular Hbond substituents is 1. The van der Waals surface area contributed by atoms with Crippen LogP contribution in [0.2, 0.25) is 0 Å². The van der Waals surface area contributed by atoms with E-state index in [4.69, 9.17) is 0 Å². The molecule has 0 fully saturated rings. The van der Waals surface area contributed by atoms with E-state index >= 15 is 0 Å². The number of fused-ring (bicyclic) bond motifs is 1. The van der Waals surface area contributed by atoms with Gasteiger partial charge in [0.25, 0.3) is 0 Å². The van der Waals surface area contributed by atoms with Crippen LogP contribution in [0.25, 0.3) is 16.5 Å². The van der Waals surface area contributed by atoms with E-state index < -0.39 is 0 Å². The van der Waals surface area contributed by atoms with Crippen molar-refractivity contribution >= 4 is 10.8 Å². The van der Waals surface area contributed by atoms with Crippen LogP contribution >= 0.6 is 0 Å². The molecule has 1 N–H and O–H groups in total. The van der Waals surface area contributed by atoms with Crippen LogP contribution in [0.15, 0.2) is 54.9 Å². The highest BCUT2D eigenvalue weighted by molar-refractivity contribution is 5.94.